The Morgan fingerprint density at radius 3 is 2.61 bits per heavy atom. The number of hydrogen-bond donors (Lipinski definition) is 0. The monoisotopic (exact) mass is 311 g/mol. The topological polar surface area (TPSA) is 60.1 Å². The van der Waals surface area contributed by atoms with Crippen molar-refractivity contribution in [1.29, 1.82) is 5.26 Å². The molecule has 1 saturated carbocycles. The molecule has 0 radical (unpaired) electrons. The highest BCUT2D eigenvalue weighted by atomic mass is 16.6. The summed E-state index contributed by atoms with van der Waals surface area (Å²) >= 11 is 0. The molecule has 0 saturated heterocycles. The van der Waals surface area contributed by atoms with Crippen LogP contribution >= 0.6 is 0 Å². The van der Waals surface area contributed by atoms with Gasteiger partial charge in [-0.25, -0.2) is 4.98 Å². The average molecular weight is 311 g/mol. The van der Waals surface area contributed by atoms with Crippen LogP contribution in [-0.2, 0) is 6.54 Å². The number of aryl methyl sites for hydroxylation is 1. The molecule has 0 spiro atoms. The zero-order valence-corrected chi connectivity index (χ0v) is 13.3. The summed E-state index contributed by atoms with van der Waals surface area (Å²) in [4.78, 5) is 4.92. The lowest BCUT2D eigenvalue weighted by atomic mass is 9.88. The van der Waals surface area contributed by atoms with Gasteiger partial charge in [0, 0.05) is 24.6 Å². The third-order valence-corrected chi connectivity index (χ3v) is 4.86. The van der Waals surface area contributed by atoms with Crippen molar-refractivity contribution in [2.75, 3.05) is 13.2 Å². The molecule has 1 aliphatic carbocycles. The molecule has 2 aliphatic rings. The van der Waals surface area contributed by atoms with Crippen LogP contribution in [0.15, 0.2) is 12.1 Å². The van der Waals surface area contributed by atoms with Crippen LogP contribution < -0.4 is 9.47 Å². The fourth-order valence-electron chi connectivity index (χ4n) is 3.75. The molecule has 1 aromatic heterocycles. The van der Waals surface area contributed by atoms with E-state index in [1.165, 1.54) is 32.1 Å². The number of benzene rings is 1. The third-order valence-electron chi connectivity index (χ3n) is 4.86. The van der Waals surface area contributed by atoms with Crippen molar-refractivity contribution in [1.82, 2.24) is 9.55 Å². The molecular formula is C18H21N3O2. The van der Waals surface area contributed by atoms with E-state index < -0.39 is 0 Å². The van der Waals surface area contributed by atoms with E-state index in [2.05, 4.69) is 10.6 Å². The minimum atomic E-state index is 0.500. The number of hydrogen-bond acceptors (Lipinski definition) is 4. The summed E-state index contributed by atoms with van der Waals surface area (Å²) in [6, 6.07) is 6.27. The van der Waals surface area contributed by atoms with Crippen molar-refractivity contribution in [3.63, 3.8) is 0 Å². The minimum Gasteiger partial charge on any atom is -0.486 e. The normalized spacial score (nSPS) is 18.0. The zero-order chi connectivity index (χ0) is 15.6. The Labute approximate surface area is 135 Å². The van der Waals surface area contributed by atoms with Crippen molar-refractivity contribution in [2.24, 2.45) is 0 Å². The molecule has 23 heavy (non-hydrogen) atoms. The SMILES string of the molecule is N#CCCn1c(C2CCCCC2)nc2cc3c(cc21)OCCO3. The Kier molecular flexibility index (Phi) is 3.82. The number of rotatable bonds is 3. The van der Waals surface area contributed by atoms with E-state index in [4.69, 9.17) is 19.7 Å². The summed E-state index contributed by atoms with van der Waals surface area (Å²) in [5.74, 6) is 3.21. The molecule has 0 bridgehead atoms. The summed E-state index contributed by atoms with van der Waals surface area (Å²) in [6.45, 7) is 1.86. The smallest absolute Gasteiger partial charge is 0.163 e. The Hall–Kier alpha value is -2.22. The lowest BCUT2D eigenvalue weighted by Crippen LogP contribution is -2.15. The minimum absolute atomic E-state index is 0.500. The van der Waals surface area contributed by atoms with Gasteiger partial charge in [0.25, 0.3) is 0 Å². The van der Waals surface area contributed by atoms with E-state index in [1.54, 1.807) is 0 Å². The molecule has 120 valence electrons. The number of nitrogens with zero attached hydrogens (tertiary/aromatic N) is 3. The van der Waals surface area contributed by atoms with Gasteiger partial charge in [0.2, 0.25) is 0 Å². The maximum absolute atomic E-state index is 9.00. The predicted molar refractivity (Wildman–Crippen MR) is 86.8 cm³/mol. The van der Waals surface area contributed by atoms with Gasteiger partial charge in [-0.05, 0) is 12.8 Å². The third kappa shape index (κ3) is 2.63. The molecule has 1 fully saturated rings. The van der Waals surface area contributed by atoms with Crippen molar-refractivity contribution < 1.29 is 9.47 Å². The van der Waals surface area contributed by atoms with Crippen molar-refractivity contribution in [3.05, 3.63) is 18.0 Å². The summed E-state index contributed by atoms with van der Waals surface area (Å²) < 4.78 is 13.6. The Morgan fingerprint density at radius 1 is 1.13 bits per heavy atom. The van der Waals surface area contributed by atoms with Crippen molar-refractivity contribution in [2.45, 2.75) is 51.0 Å². The molecule has 4 rings (SSSR count). The molecule has 1 aliphatic heterocycles. The molecule has 0 N–H and O–H groups in total. The van der Waals surface area contributed by atoms with Gasteiger partial charge in [-0.1, -0.05) is 19.3 Å². The highest BCUT2D eigenvalue weighted by Crippen LogP contribution is 2.38. The van der Waals surface area contributed by atoms with Gasteiger partial charge in [-0.2, -0.15) is 5.26 Å². The molecule has 0 atom stereocenters. The van der Waals surface area contributed by atoms with Gasteiger partial charge in [0.1, 0.15) is 19.0 Å². The fraction of sp³-hybridized carbons (Fsp3) is 0.556. The van der Waals surface area contributed by atoms with Gasteiger partial charge in [-0.15, -0.1) is 0 Å². The second-order valence-corrected chi connectivity index (χ2v) is 6.35. The molecule has 2 aromatic rings. The number of aromatic nitrogens is 2. The predicted octanol–water partition coefficient (Wildman–Crippen LogP) is 3.77. The van der Waals surface area contributed by atoms with E-state index in [9.17, 15) is 0 Å². The standard InChI is InChI=1S/C18H21N3O2/c19-7-4-8-21-15-12-17-16(22-9-10-23-17)11-14(15)20-18(21)13-5-2-1-3-6-13/h11-13H,1-6,8-10H2. The van der Waals surface area contributed by atoms with Gasteiger partial charge >= 0.3 is 0 Å². The first-order chi connectivity index (χ1) is 11.4. The highest BCUT2D eigenvalue weighted by Gasteiger charge is 2.24. The summed E-state index contributed by atoms with van der Waals surface area (Å²) in [6.07, 6.45) is 6.76. The van der Waals surface area contributed by atoms with Gasteiger partial charge in [0.05, 0.1) is 23.5 Å². The summed E-state index contributed by atoms with van der Waals surface area (Å²) in [5.41, 5.74) is 2.01. The van der Waals surface area contributed by atoms with Crippen LogP contribution in [-0.4, -0.2) is 22.8 Å². The van der Waals surface area contributed by atoms with Gasteiger partial charge < -0.3 is 14.0 Å². The lowest BCUT2D eigenvalue weighted by molar-refractivity contribution is 0.172. The summed E-state index contributed by atoms with van der Waals surface area (Å²) in [7, 11) is 0. The quantitative estimate of drug-likeness (QED) is 0.865. The van der Waals surface area contributed by atoms with E-state index in [0.717, 1.165) is 28.4 Å². The molecule has 5 nitrogen and oxygen atoms in total. The van der Waals surface area contributed by atoms with Crippen LogP contribution in [0.2, 0.25) is 0 Å². The summed E-state index contributed by atoms with van der Waals surface area (Å²) in [5, 5.41) is 9.00. The number of imidazole rings is 1. The molecular weight excluding hydrogens is 290 g/mol. The van der Waals surface area contributed by atoms with Gasteiger partial charge in [0.15, 0.2) is 11.5 Å². The molecule has 1 aromatic carbocycles. The van der Waals surface area contributed by atoms with E-state index in [1.807, 2.05) is 12.1 Å². The molecule has 2 heterocycles. The number of ether oxygens (including phenoxy) is 2. The molecule has 5 heteroatoms. The van der Waals surface area contributed by atoms with Crippen molar-refractivity contribution in [3.8, 4) is 17.6 Å². The van der Waals surface area contributed by atoms with Crippen LogP contribution in [0.1, 0.15) is 50.3 Å². The van der Waals surface area contributed by atoms with Crippen LogP contribution in [0.4, 0.5) is 0 Å². The fourth-order valence-corrected chi connectivity index (χ4v) is 3.75. The van der Waals surface area contributed by atoms with Crippen LogP contribution in [0, 0.1) is 11.3 Å². The second-order valence-electron chi connectivity index (χ2n) is 6.35. The lowest BCUT2D eigenvalue weighted by Gasteiger charge is -2.22. The second kappa shape index (κ2) is 6.11. The maximum Gasteiger partial charge on any atom is 0.163 e. The van der Waals surface area contributed by atoms with Gasteiger partial charge in [-0.3, -0.25) is 0 Å². The first-order valence-corrected chi connectivity index (χ1v) is 8.53. The van der Waals surface area contributed by atoms with E-state index >= 15 is 0 Å². The van der Waals surface area contributed by atoms with Crippen LogP contribution in [0.3, 0.4) is 0 Å². The zero-order valence-electron chi connectivity index (χ0n) is 13.3. The Morgan fingerprint density at radius 2 is 1.87 bits per heavy atom. The molecule has 0 amide bonds. The first kappa shape index (κ1) is 14.4. The van der Waals surface area contributed by atoms with Crippen molar-refractivity contribution >= 4 is 11.0 Å². The van der Waals surface area contributed by atoms with Crippen LogP contribution in [0.5, 0.6) is 11.5 Å². The Balaban J connectivity index is 1.81. The maximum atomic E-state index is 9.00. The first-order valence-electron chi connectivity index (χ1n) is 8.53. The Bertz CT molecular complexity index is 754. The van der Waals surface area contributed by atoms with E-state index in [0.29, 0.717) is 32.1 Å². The van der Waals surface area contributed by atoms with E-state index in [-0.39, 0.29) is 0 Å². The number of fused-ring (bicyclic) bond motifs is 2. The highest BCUT2D eigenvalue weighted by molar-refractivity contribution is 5.81. The average Bonchev–Trinajstić information content (AvgIpc) is 2.96. The molecule has 0 unspecified atom stereocenters. The van der Waals surface area contributed by atoms with Crippen LogP contribution in [0.25, 0.3) is 11.0 Å². The number of nitriles is 1. The largest absolute Gasteiger partial charge is 0.486 e.